The molecule has 0 unspecified atom stereocenters. The number of likely N-dealkylation sites (N-methyl/N-ethyl adjacent to an activating group) is 1. The van der Waals surface area contributed by atoms with Crippen molar-refractivity contribution in [2.75, 3.05) is 44.6 Å². The molecule has 0 atom stereocenters. The van der Waals surface area contributed by atoms with Crippen molar-refractivity contribution in [1.29, 1.82) is 0 Å². The van der Waals surface area contributed by atoms with E-state index in [1.54, 1.807) is 21.3 Å². The summed E-state index contributed by atoms with van der Waals surface area (Å²) < 4.78 is 16.1. The predicted octanol–water partition coefficient (Wildman–Crippen LogP) is 3.10. The monoisotopic (exact) mass is 342 g/mol. The molecule has 7 nitrogen and oxygen atoms in total. The smallest absolute Gasteiger partial charge is 0.229 e. The minimum Gasteiger partial charge on any atom is -0.493 e. The maximum Gasteiger partial charge on any atom is 0.229 e. The van der Waals surface area contributed by atoms with Crippen LogP contribution in [0, 0.1) is 0 Å². The number of anilines is 3. The molecule has 0 fully saturated rings. The first-order valence-electron chi connectivity index (χ1n) is 8.05. The molecule has 3 rings (SSSR count). The van der Waals surface area contributed by atoms with E-state index in [4.69, 9.17) is 14.2 Å². The highest BCUT2D eigenvalue weighted by atomic mass is 16.5. The van der Waals surface area contributed by atoms with Gasteiger partial charge in [0.15, 0.2) is 11.5 Å². The Morgan fingerprint density at radius 1 is 1.12 bits per heavy atom. The summed E-state index contributed by atoms with van der Waals surface area (Å²) in [5.41, 5.74) is 1.77. The molecular formula is C18H22N4O3. The van der Waals surface area contributed by atoms with Crippen LogP contribution >= 0.6 is 0 Å². The maximum absolute atomic E-state index is 5.38. The molecule has 0 aliphatic carbocycles. The van der Waals surface area contributed by atoms with Crippen LogP contribution in [0.5, 0.6) is 17.2 Å². The van der Waals surface area contributed by atoms with Gasteiger partial charge in [0, 0.05) is 42.7 Å². The number of aromatic nitrogens is 2. The number of nitrogens with zero attached hydrogens (tertiary/aromatic N) is 3. The predicted molar refractivity (Wildman–Crippen MR) is 98.3 cm³/mol. The zero-order chi connectivity index (χ0) is 17.8. The zero-order valence-corrected chi connectivity index (χ0v) is 14.9. The molecule has 0 amide bonds. The van der Waals surface area contributed by atoms with Crippen molar-refractivity contribution >= 4 is 23.5 Å². The molecular weight excluding hydrogens is 320 g/mol. The minimum absolute atomic E-state index is 0.516. The fourth-order valence-corrected chi connectivity index (χ4v) is 2.77. The van der Waals surface area contributed by atoms with E-state index in [0.717, 1.165) is 30.2 Å². The third-order valence-corrected chi connectivity index (χ3v) is 4.02. The summed E-state index contributed by atoms with van der Waals surface area (Å²) in [6.07, 6.45) is 5.98. The Bertz CT molecular complexity index is 767. The second-order valence-electron chi connectivity index (χ2n) is 5.45. The molecule has 1 aromatic carbocycles. The van der Waals surface area contributed by atoms with Gasteiger partial charge in [0.25, 0.3) is 0 Å². The van der Waals surface area contributed by atoms with Crippen LogP contribution in [0.15, 0.2) is 24.4 Å². The lowest BCUT2D eigenvalue weighted by Crippen LogP contribution is -2.27. The first-order chi connectivity index (χ1) is 12.2. The zero-order valence-electron chi connectivity index (χ0n) is 14.9. The van der Waals surface area contributed by atoms with Crippen molar-refractivity contribution in [3.05, 3.63) is 30.0 Å². The van der Waals surface area contributed by atoms with Gasteiger partial charge in [-0.15, -0.1) is 0 Å². The molecule has 0 saturated carbocycles. The topological polar surface area (TPSA) is 68.7 Å². The summed E-state index contributed by atoms with van der Waals surface area (Å²) >= 11 is 0. The number of ether oxygens (including phenoxy) is 3. The van der Waals surface area contributed by atoms with Crippen LogP contribution in [-0.2, 0) is 0 Å². The van der Waals surface area contributed by atoms with E-state index in [1.165, 1.54) is 0 Å². The number of hydrogen-bond donors (Lipinski definition) is 1. The van der Waals surface area contributed by atoms with E-state index in [9.17, 15) is 0 Å². The third kappa shape index (κ3) is 3.31. The lowest BCUT2D eigenvalue weighted by Gasteiger charge is -2.25. The number of hydrogen-bond acceptors (Lipinski definition) is 7. The van der Waals surface area contributed by atoms with Gasteiger partial charge in [0.05, 0.1) is 21.3 Å². The van der Waals surface area contributed by atoms with Crippen LogP contribution in [0.3, 0.4) is 0 Å². The second kappa shape index (κ2) is 7.29. The van der Waals surface area contributed by atoms with Crippen molar-refractivity contribution in [2.24, 2.45) is 0 Å². The average Bonchev–Trinajstić information content (AvgIpc) is 2.66. The Morgan fingerprint density at radius 2 is 1.84 bits per heavy atom. The van der Waals surface area contributed by atoms with Gasteiger partial charge in [-0.25, -0.2) is 4.98 Å². The molecule has 2 heterocycles. The Kier molecular flexibility index (Phi) is 4.92. The molecule has 0 spiro atoms. The summed E-state index contributed by atoms with van der Waals surface area (Å²) in [5, 5.41) is 3.21. The summed E-state index contributed by atoms with van der Waals surface area (Å²) in [7, 11) is 4.75. The van der Waals surface area contributed by atoms with Crippen molar-refractivity contribution < 1.29 is 14.2 Å². The number of fused-ring (bicyclic) bond motifs is 1. The third-order valence-electron chi connectivity index (χ3n) is 4.02. The standard InChI is InChI=1S/C18H22N4O3/c1-5-22-8-6-7-12-11-19-18(21-17(12)22)20-13-9-14(23-2)16(25-4)15(10-13)24-3/h6-7,9-11H,5,8H2,1-4H3,(H,19,20,21). The fraction of sp³-hybridized carbons (Fsp3) is 0.333. The quantitative estimate of drug-likeness (QED) is 0.865. The van der Waals surface area contributed by atoms with E-state index in [1.807, 2.05) is 24.4 Å². The van der Waals surface area contributed by atoms with E-state index >= 15 is 0 Å². The molecule has 7 heteroatoms. The average molecular weight is 342 g/mol. The van der Waals surface area contributed by atoms with Crippen LogP contribution in [0.25, 0.3) is 6.08 Å². The normalized spacial score (nSPS) is 12.6. The summed E-state index contributed by atoms with van der Waals surface area (Å²) in [6, 6.07) is 3.64. The van der Waals surface area contributed by atoms with E-state index in [0.29, 0.717) is 23.2 Å². The minimum atomic E-state index is 0.516. The molecule has 0 bridgehead atoms. The van der Waals surface area contributed by atoms with Crippen molar-refractivity contribution in [1.82, 2.24) is 9.97 Å². The van der Waals surface area contributed by atoms with Crippen LogP contribution in [0.2, 0.25) is 0 Å². The van der Waals surface area contributed by atoms with E-state index in [-0.39, 0.29) is 0 Å². The van der Waals surface area contributed by atoms with Gasteiger partial charge in [-0.1, -0.05) is 12.2 Å². The molecule has 2 aromatic rings. The highest BCUT2D eigenvalue weighted by molar-refractivity contribution is 5.70. The number of rotatable bonds is 6. The van der Waals surface area contributed by atoms with Crippen molar-refractivity contribution in [2.45, 2.75) is 6.92 Å². The number of methoxy groups -OCH3 is 3. The largest absolute Gasteiger partial charge is 0.493 e. The molecule has 132 valence electrons. The Balaban J connectivity index is 1.94. The van der Waals surface area contributed by atoms with Crippen LogP contribution < -0.4 is 24.4 Å². The summed E-state index contributed by atoms with van der Waals surface area (Å²) in [6.45, 7) is 3.85. The molecule has 1 aliphatic rings. The molecule has 1 aliphatic heterocycles. The van der Waals surface area contributed by atoms with Crippen molar-refractivity contribution in [3.63, 3.8) is 0 Å². The van der Waals surface area contributed by atoms with Crippen LogP contribution in [0.1, 0.15) is 12.5 Å². The molecule has 0 radical (unpaired) electrons. The number of nitrogens with one attached hydrogen (secondary N) is 1. The van der Waals surface area contributed by atoms with Crippen LogP contribution in [0.4, 0.5) is 17.5 Å². The molecule has 1 aromatic heterocycles. The van der Waals surface area contributed by atoms with Gasteiger partial charge in [0.2, 0.25) is 11.7 Å². The van der Waals surface area contributed by atoms with Gasteiger partial charge in [0.1, 0.15) is 5.82 Å². The summed E-state index contributed by atoms with van der Waals surface area (Å²) in [5.74, 6) is 3.13. The lowest BCUT2D eigenvalue weighted by atomic mass is 10.2. The first-order valence-corrected chi connectivity index (χ1v) is 8.05. The number of benzene rings is 1. The van der Waals surface area contributed by atoms with Crippen molar-refractivity contribution in [3.8, 4) is 17.2 Å². The molecule has 1 N–H and O–H groups in total. The van der Waals surface area contributed by atoms with Gasteiger partial charge >= 0.3 is 0 Å². The highest BCUT2D eigenvalue weighted by Crippen LogP contribution is 2.40. The summed E-state index contributed by atoms with van der Waals surface area (Å²) in [4.78, 5) is 11.2. The SMILES string of the molecule is CCN1CC=Cc2cnc(Nc3cc(OC)c(OC)c(OC)c3)nc21. The fourth-order valence-electron chi connectivity index (χ4n) is 2.77. The second-order valence-corrected chi connectivity index (χ2v) is 5.45. The Labute approximate surface area is 147 Å². The van der Waals surface area contributed by atoms with Gasteiger partial charge in [-0.05, 0) is 6.92 Å². The first kappa shape index (κ1) is 16.9. The highest BCUT2D eigenvalue weighted by Gasteiger charge is 2.16. The van der Waals surface area contributed by atoms with Gasteiger partial charge in [-0.3, -0.25) is 0 Å². The Hall–Kier alpha value is -2.96. The molecule has 0 saturated heterocycles. The lowest BCUT2D eigenvalue weighted by molar-refractivity contribution is 0.324. The van der Waals surface area contributed by atoms with Crippen LogP contribution in [-0.4, -0.2) is 44.4 Å². The van der Waals surface area contributed by atoms with E-state index < -0.39 is 0 Å². The van der Waals surface area contributed by atoms with Gasteiger partial charge in [-0.2, -0.15) is 4.98 Å². The van der Waals surface area contributed by atoms with E-state index in [2.05, 4.69) is 33.2 Å². The Morgan fingerprint density at radius 3 is 2.44 bits per heavy atom. The maximum atomic E-state index is 5.38. The van der Waals surface area contributed by atoms with Gasteiger partial charge < -0.3 is 24.4 Å². The molecule has 25 heavy (non-hydrogen) atoms.